The number of hydrogen-bond acceptors (Lipinski definition) is 5. The lowest BCUT2D eigenvalue weighted by Gasteiger charge is -2.35. The Morgan fingerprint density at radius 3 is 2.45 bits per heavy atom. The summed E-state index contributed by atoms with van der Waals surface area (Å²) in [6.45, 7) is 8.98. The molecule has 1 aliphatic rings. The van der Waals surface area contributed by atoms with Crippen LogP contribution in [0.4, 0.5) is 4.79 Å². The molecule has 0 unspecified atom stereocenters. The molecule has 0 aliphatic carbocycles. The minimum Gasteiger partial charge on any atom is -0.444 e. The zero-order chi connectivity index (χ0) is 16.3. The van der Waals surface area contributed by atoms with Crippen molar-refractivity contribution >= 4 is 29.3 Å². The first-order valence-electron chi connectivity index (χ1n) is 7.12. The number of nitrogens with zero attached hydrogens (tertiary/aromatic N) is 4. The third kappa shape index (κ3) is 4.97. The number of rotatable bonds is 2. The molecule has 1 aliphatic heterocycles. The average molecular weight is 347 g/mol. The summed E-state index contributed by atoms with van der Waals surface area (Å²) in [5.74, 6) is 0. The van der Waals surface area contributed by atoms with E-state index in [2.05, 4.69) is 14.9 Å². The van der Waals surface area contributed by atoms with Crippen LogP contribution in [0.25, 0.3) is 0 Å². The van der Waals surface area contributed by atoms with Crippen molar-refractivity contribution in [2.45, 2.75) is 32.9 Å². The maximum Gasteiger partial charge on any atom is 0.410 e. The molecule has 2 heterocycles. The van der Waals surface area contributed by atoms with Gasteiger partial charge in [0.15, 0.2) is 0 Å². The van der Waals surface area contributed by atoms with Crippen molar-refractivity contribution < 1.29 is 9.53 Å². The summed E-state index contributed by atoms with van der Waals surface area (Å²) in [7, 11) is 0. The second-order valence-corrected chi connectivity index (χ2v) is 6.89. The SMILES string of the molecule is CC(C)(C)OC(=O)N1CCN(Cc2cnc(Cl)nc2Cl)CC1. The van der Waals surface area contributed by atoms with Crippen LogP contribution >= 0.6 is 23.2 Å². The number of hydrogen-bond donors (Lipinski definition) is 0. The van der Waals surface area contributed by atoms with Crippen molar-refractivity contribution in [2.75, 3.05) is 26.2 Å². The molecule has 1 aromatic heterocycles. The molecule has 1 fully saturated rings. The molecule has 6 nitrogen and oxygen atoms in total. The summed E-state index contributed by atoms with van der Waals surface area (Å²) in [4.78, 5) is 23.8. The van der Waals surface area contributed by atoms with Crippen LogP contribution < -0.4 is 0 Å². The van der Waals surface area contributed by atoms with Gasteiger partial charge in [0.2, 0.25) is 5.28 Å². The molecule has 0 N–H and O–H groups in total. The average Bonchev–Trinajstić information content (AvgIpc) is 2.41. The largest absolute Gasteiger partial charge is 0.444 e. The fourth-order valence-corrected chi connectivity index (χ4v) is 2.49. The summed E-state index contributed by atoms with van der Waals surface area (Å²) in [6.07, 6.45) is 1.37. The van der Waals surface area contributed by atoms with Gasteiger partial charge in [0.05, 0.1) is 0 Å². The molecule has 0 aromatic carbocycles. The molecule has 1 saturated heterocycles. The van der Waals surface area contributed by atoms with E-state index in [0.29, 0.717) is 24.8 Å². The van der Waals surface area contributed by atoms with Gasteiger partial charge in [-0.3, -0.25) is 4.90 Å². The lowest BCUT2D eigenvalue weighted by molar-refractivity contribution is 0.0139. The van der Waals surface area contributed by atoms with Gasteiger partial charge in [-0.2, -0.15) is 0 Å². The van der Waals surface area contributed by atoms with Crippen LogP contribution in [-0.2, 0) is 11.3 Å². The van der Waals surface area contributed by atoms with Gasteiger partial charge in [0.1, 0.15) is 10.8 Å². The third-order valence-electron chi connectivity index (χ3n) is 3.20. The minimum atomic E-state index is -0.470. The third-order valence-corrected chi connectivity index (χ3v) is 3.71. The highest BCUT2D eigenvalue weighted by molar-refractivity contribution is 6.32. The highest BCUT2D eigenvalue weighted by atomic mass is 35.5. The Labute approximate surface area is 140 Å². The first kappa shape index (κ1) is 17.2. The predicted molar refractivity (Wildman–Crippen MR) is 85.1 cm³/mol. The summed E-state index contributed by atoms with van der Waals surface area (Å²) in [5, 5.41) is 0.512. The van der Waals surface area contributed by atoms with Crippen molar-refractivity contribution in [3.05, 3.63) is 22.2 Å². The first-order valence-corrected chi connectivity index (χ1v) is 7.87. The predicted octanol–water partition coefficient (Wildman–Crippen LogP) is 2.84. The number of carbonyl (C=O) groups excluding carboxylic acids is 1. The van der Waals surface area contributed by atoms with Crippen molar-refractivity contribution in [2.24, 2.45) is 0 Å². The second-order valence-electron chi connectivity index (χ2n) is 6.20. The van der Waals surface area contributed by atoms with E-state index >= 15 is 0 Å². The monoisotopic (exact) mass is 346 g/mol. The Kier molecular flexibility index (Phi) is 5.47. The molecule has 8 heteroatoms. The first-order chi connectivity index (χ1) is 10.2. The summed E-state index contributed by atoms with van der Waals surface area (Å²) in [6, 6.07) is 0. The van der Waals surface area contributed by atoms with Crippen LogP contribution in [0.2, 0.25) is 10.4 Å². The minimum absolute atomic E-state index is 0.142. The van der Waals surface area contributed by atoms with Gasteiger partial charge >= 0.3 is 6.09 Å². The number of halogens is 2. The van der Waals surface area contributed by atoms with Crippen molar-refractivity contribution in [3.63, 3.8) is 0 Å². The lowest BCUT2D eigenvalue weighted by atomic mass is 10.2. The van der Waals surface area contributed by atoms with E-state index < -0.39 is 5.60 Å². The molecule has 2 rings (SSSR count). The highest BCUT2D eigenvalue weighted by Gasteiger charge is 2.26. The van der Waals surface area contributed by atoms with Crippen LogP contribution in [0, 0.1) is 0 Å². The molecule has 22 heavy (non-hydrogen) atoms. The van der Waals surface area contributed by atoms with Crippen LogP contribution in [-0.4, -0.2) is 57.6 Å². The Balaban J connectivity index is 1.86. The van der Waals surface area contributed by atoms with Gasteiger partial charge < -0.3 is 9.64 Å². The maximum absolute atomic E-state index is 12.0. The van der Waals surface area contributed by atoms with E-state index in [4.69, 9.17) is 27.9 Å². The number of amides is 1. The van der Waals surface area contributed by atoms with E-state index in [0.717, 1.165) is 18.7 Å². The smallest absolute Gasteiger partial charge is 0.410 e. The van der Waals surface area contributed by atoms with Crippen molar-refractivity contribution in [1.29, 1.82) is 0 Å². The summed E-state index contributed by atoms with van der Waals surface area (Å²) >= 11 is 11.7. The zero-order valence-electron chi connectivity index (χ0n) is 13.0. The number of aromatic nitrogens is 2. The molecule has 0 radical (unpaired) electrons. The molecule has 122 valence electrons. The standard InChI is InChI=1S/C14H20Cl2N4O2/c1-14(2,3)22-13(21)20-6-4-19(5-7-20)9-10-8-17-12(16)18-11(10)15/h8H,4-7,9H2,1-3H3. The van der Waals surface area contributed by atoms with Crippen LogP contribution in [0.1, 0.15) is 26.3 Å². The lowest BCUT2D eigenvalue weighted by Crippen LogP contribution is -2.49. The molecule has 0 spiro atoms. The van der Waals surface area contributed by atoms with Crippen LogP contribution in [0.15, 0.2) is 6.20 Å². The van der Waals surface area contributed by atoms with Gasteiger partial charge in [-0.05, 0) is 32.4 Å². The topological polar surface area (TPSA) is 58.6 Å². The molecular weight excluding hydrogens is 327 g/mol. The van der Waals surface area contributed by atoms with E-state index in [1.807, 2.05) is 20.8 Å². The molecule has 0 saturated carbocycles. The van der Waals surface area contributed by atoms with E-state index in [9.17, 15) is 4.79 Å². The Bertz CT molecular complexity index is 540. The Morgan fingerprint density at radius 2 is 1.91 bits per heavy atom. The van der Waals surface area contributed by atoms with E-state index in [1.54, 1.807) is 11.1 Å². The van der Waals surface area contributed by atoms with Gasteiger partial charge in [-0.1, -0.05) is 11.6 Å². The quantitative estimate of drug-likeness (QED) is 0.608. The number of carbonyl (C=O) groups is 1. The fraction of sp³-hybridized carbons (Fsp3) is 0.643. The zero-order valence-corrected chi connectivity index (χ0v) is 14.5. The van der Waals surface area contributed by atoms with E-state index in [-0.39, 0.29) is 11.4 Å². The fourth-order valence-electron chi connectivity index (χ4n) is 2.13. The van der Waals surface area contributed by atoms with Gasteiger partial charge in [-0.25, -0.2) is 14.8 Å². The Morgan fingerprint density at radius 1 is 1.27 bits per heavy atom. The van der Waals surface area contributed by atoms with Crippen LogP contribution in [0.3, 0.4) is 0 Å². The van der Waals surface area contributed by atoms with Gasteiger partial charge in [0.25, 0.3) is 0 Å². The highest BCUT2D eigenvalue weighted by Crippen LogP contribution is 2.18. The van der Waals surface area contributed by atoms with Crippen molar-refractivity contribution in [3.8, 4) is 0 Å². The molecule has 0 bridgehead atoms. The Hall–Kier alpha value is -1.11. The van der Waals surface area contributed by atoms with Crippen LogP contribution in [0.5, 0.6) is 0 Å². The van der Waals surface area contributed by atoms with Gasteiger partial charge in [0, 0.05) is 44.5 Å². The molecule has 1 amide bonds. The number of piperazine rings is 1. The second kappa shape index (κ2) is 6.98. The summed E-state index contributed by atoms with van der Waals surface area (Å²) in [5.41, 5.74) is 0.361. The van der Waals surface area contributed by atoms with Gasteiger partial charge in [-0.15, -0.1) is 0 Å². The number of ether oxygens (including phenoxy) is 1. The van der Waals surface area contributed by atoms with Crippen molar-refractivity contribution in [1.82, 2.24) is 19.8 Å². The molecule has 1 aromatic rings. The molecular formula is C14H20Cl2N4O2. The molecule has 0 atom stereocenters. The van der Waals surface area contributed by atoms with E-state index in [1.165, 1.54) is 0 Å². The maximum atomic E-state index is 12.0. The normalized spacial score (nSPS) is 16.7. The summed E-state index contributed by atoms with van der Waals surface area (Å²) < 4.78 is 5.38.